The van der Waals surface area contributed by atoms with Gasteiger partial charge in [0.15, 0.2) is 0 Å². The number of carbonyl (C=O) groups excluding carboxylic acids is 1. The van der Waals surface area contributed by atoms with Crippen LogP contribution in [0.3, 0.4) is 0 Å². The third-order valence-corrected chi connectivity index (χ3v) is 6.44. The van der Waals surface area contributed by atoms with E-state index in [2.05, 4.69) is 33.2 Å². The third-order valence-electron chi connectivity index (χ3n) is 5.55. The molecule has 2 aliphatic rings. The predicted octanol–water partition coefficient (Wildman–Crippen LogP) is 3.45. The molecule has 1 saturated heterocycles. The van der Waals surface area contributed by atoms with E-state index in [0.717, 1.165) is 35.6 Å². The van der Waals surface area contributed by atoms with Crippen LogP contribution in [0.15, 0.2) is 47.6 Å². The standard InChI is InChI=1S/C21H22N6O2S/c1-3-8-25(9-4-2)12-16-23-20(24-29-16)17-18-14-6-5-10-26(14)21(28)19-15(7-11-30-19)27(18)13-22-17/h3-4,7,11,13-14H,1-2,5-6,8-10,12H2/t14-/m0/s1. The van der Waals surface area contributed by atoms with E-state index >= 15 is 0 Å². The summed E-state index contributed by atoms with van der Waals surface area (Å²) in [7, 11) is 0. The van der Waals surface area contributed by atoms with Gasteiger partial charge in [0.25, 0.3) is 5.91 Å². The van der Waals surface area contributed by atoms with Gasteiger partial charge in [-0.25, -0.2) is 4.98 Å². The Morgan fingerprint density at radius 1 is 1.33 bits per heavy atom. The van der Waals surface area contributed by atoms with Crippen molar-refractivity contribution in [3.63, 3.8) is 0 Å². The Balaban J connectivity index is 1.53. The first kappa shape index (κ1) is 19.0. The molecule has 0 N–H and O–H groups in total. The van der Waals surface area contributed by atoms with E-state index in [1.165, 1.54) is 11.3 Å². The highest BCUT2D eigenvalue weighted by Gasteiger charge is 2.40. The van der Waals surface area contributed by atoms with Gasteiger partial charge in [-0.15, -0.1) is 24.5 Å². The number of fused-ring (bicyclic) bond motifs is 5. The molecule has 30 heavy (non-hydrogen) atoms. The van der Waals surface area contributed by atoms with Gasteiger partial charge < -0.3 is 9.42 Å². The molecule has 2 aliphatic heterocycles. The molecule has 0 unspecified atom stereocenters. The van der Waals surface area contributed by atoms with Crippen LogP contribution in [-0.2, 0) is 6.54 Å². The first-order valence-electron chi connectivity index (χ1n) is 9.94. The molecule has 5 rings (SSSR count). The van der Waals surface area contributed by atoms with Gasteiger partial charge in [-0.3, -0.25) is 14.3 Å². The van der Waals surface area contributed by atoms with E-state index in [-0.39, 0.29) is 11.9 Å². The molecule has 0 saturated carbocycles. The number of aromatic nitrogens is 4. The van der Waals surface area contributed by atoms with Crippen molar-refractivity contribution in [2.45, 2.75) is 25.4 Å². The zero-order valence-corrected chi connectivity index (χ0v) is 17.3. The second-order valence-electron chi connectivity index (χ2n) is 7.42. The Labute approximate surface area is 178 Å². The highest BCUT2D eigenvalue weighted by Crippen LogP contribution is 2.42. The van der Waals surface area contributed by atoms with Gasteiger partial charge in [0.2, 0.25) is 11.7 Å². The molecular formula is C21H22N6O2S. The largest absolute Gasteiger partial charge is 0.337 e. The Kier molecular flexibility index (Phi) is 4.84. The van der Waals surface area contributed by atoms with Crippen molar-refractivity contribution in [2.75, 3.05) is 19.6 Å². The minimum Gasteiger partial charge on any atom is -0.337 e. The quantitative estimate of drug-likeness (QED) is 0.543. The van der Waals surface area contributed by atoms with E-state index in [9.17, 15) is 4.79 Å². The fourth-order valence-corrected chi connectivity index (χ4v) is 5.13. The predicted molar refractivity (Wildman–Crippen MR) is 113 cm³/mol. The summed E-state index contributed by atoms with van der Waals surface area (Å²) in [5, 5.41) is 6.15. The van der Waals surface area contributed by atoms with Crippen LogP contribution < -0.4 is 0 Å². The number of amides is 1. The topological polar surface area (TPSA) is 80.3 Å². The summed E-state index contributed by atoms with van der Waals surface area (Å²) in [5.74, 6) is 1.06. The maximum absolute atomic E-state index is 13.1. The summed E-state index contributed by atoms with van der Waals surface area (Å²) in [6.45, 7) is 10.2. The second-order valence-corrected chi connectivity index (χ2v) is 8.34. The lowest BCUT2D eigenvalue weighted by molar-refractivity contribution is 0.0743. The van der Waals surface area contributed by atoms with Crippen LogP contribution in [0.2, 0.25) is 0 Å². The van der Waals surface area contributed by atoms with Gasteiger partial charge in [-0.1, -0.05) is 17.3 Å². The van der Waals surface area contributed by atoms with Crippen LogP contribution in [0.5, 0.6) is 0 Å². The SMILES string of the molecule is C=CCN(CC=C)Cc1nc(-c2ncn3c2[C@@H]2CCCN2C(=O)c2sccc2-3)no1. The summed E-state index contributed by atoms with van der Waals surface area (Å²) in [6, 6.07) is 1.94. The van der Waals surface area contributed by atoms with E-state index < -0.39 is 0 Å². The maximum Gasteiger partial charge on any atom is 0.266 e. The summed E-state index contributed by atoms with van der Waals surface area (Å²) in [4.78, 5) is 27.1. The number of nitrogens with zero attached hydrogens (tertiary/aromatic N) is 6. The zero-order chi connectivity index (χ0) is 20.7. The van der Waals surface area contributed by atoms with Crippen LogP contribution in [0, 0.1) is 0 Å². The molecule has 0 aliphatic carbocycles. The lowest BCUT2D eigenvalue weighted by Crippen LogP contribution is -2.29. The molecule has 0 bridgehead atoms. The number of thiophene rings is 1. The van der Waals surface area contributed by atoms with Gasteiger partial charge in [-0.05, 0) is 24.3 Å². The fourth-order valence-electron chi connectivity index (χ4n) is 4.29. The first-order chi connectivity index (χ1) is 14.7. The number of rotatable bonds is 7. The van der Waals surface area contributed by atoms with E-state index in [4.69, 9.17) is 4.52 Å². The highest BCUT2D eigenvalue weighted by molar-refractivity contribution is 7.12. The lowest BCUT2D eigenvalue weighted by Gasteiger charge is -2.22. The van der Waals surface area contributed by atoms with Crippen LogP contribution in [0.4, 0.5) is 0 Å². The van der Waals surface area contributed by atoms with Crippen LogP contribution in [-0.4, -0.2) is 55.0 Å². The summed E-state index contributed by atoms with van der Waals surface area (Å²) >= 11 is 1.47. The molecule has 9 heteroatoms. The van der Waals surface area contributed by atoms with Gasteiger partial charge >= 0.3 is 0 Å². The minimum atomic E-state index is -0.0328. The minimum absolute atomic E-state index is 0.0328. The Bertz CT molecular complexity index is 1100. The summed E-state index contributed by atoms with van der Waals surface area (Å²) < 4.78 is 7.54. The van der Waals surface area contributed by atoms with Crippen molar-refractivity contribution in [1.29, 1.82) is 0 Å². The molecule has 5 heterocycles. The van der Waals surface area contributed by atoms with Crippen molar-refractivity contribution in [3.05, 3.63) is 59.5 Å². The number of imidazole rings is 1. The van der Waals surface area contributed by atoms with Crippen LogP contribution in [0.25, 0.3) is 17.2 Å². The normalized spacial score (nSPS) is 17.6. The average molecular weight is 423 g/mol. The van der Waals surface area contributed by atoms with Crippen LogP contribution >= 0.6 is 11.3 Å². The van der Waals surface area contributed by atoms with Crippen LogP contribution in [0.1, 0.15) is 40.1 Å². The second kappa shape index (κ2) is 7.66. The highest BCUT2D eigenvalue weighted by atomic mass is 32.1. The maximum atomic E-state index is 13.1. The molecule has 154 valence electrons. The molecule has 1 atom stereocenters. The molecule has 3 aromatic heterocycles. The van der Waals surface area contributed by atoms with E-state index in [1.54, 1.807) is 6.33 Å². The molecule has 0 spiro atoms. The smallest absolute Gasteiger partial charge is 0.266 e. The fraction of sp³-hybridized carbons (Fsp3) is 0.333. The molecule has 1 amide bonds. The van der Waals surface area contributed by atoms with Gasteiger partial charge in [0, 0.05) is 19.6 Å². The molecule has 0 aromatic carbocycles. The Morgan fingerprint density at radius 3 is 2.97 bits per heavy atom. The number of hydrogen-bond acceptors (Lipinski definition) is 7. The summed E-state index contributed by atoms with van der Waals surface area (Å²) in [6.07, 6.45) is 7.30. The van der Waals surface area contributed by atoms with Gasteiger partial charge in [0.05, 0.1) is 24.0 Å². The van der Waals surface area contributed by atoms with E-state index in [0.29, 0.717) is 37.0 Å². The molecular weight excluding hydrogens is 400 g/mol. The van der Waals surface area contributed by atoms with Crippen molar-refractivity contribution < 1.29 is 9.32 Å². The molecule has 8 nitrogen and oxygen atoms in total. The van der Waals surface area contributed by atoms with Crippen molar-refractivity contribution in [1.82, 2.24) is 29.5 Å². The lowest BCUT2D eigenvalue weighted by atomic mass is 10.1. The van der Waals surface area contributed by atoms with Gasteiger partial charge in [0.1, 0.15) is 16.9 Å². The van der Waals surface area contributed by atoms with E-state index in [1.807, 2.05) is 33.1 Å². The monoisotopic (exact) mass is 422 g/mol. The Morgan fingerprint density at radius 2 is 2.17 bits per heavy atom. The van der Waals surface area contributed by atoms with Gasteiger partial charge in [-0.2, -0.15) is 4.98 Å². The summed E-state index contributed by atoms with van der Waals surface area (Å²) in [5.41, 5.74) is 2.51. The average Bonchev–Trinajstić information content (AvgIpc) is 3.51. The number of hydrogen-bond donors (Lipinski definition) is 0. The first-order valence-corrected chi connectivity index (χ1v) is 10.8. The Hall–Kier alpha value is -3.04. The third kappa shape index (κ3) is 3.01. The molecule has 0 radical (unpaired) electrons. The van der Waals surface area contributed by atoms with Crippen molar-refractivity contribution >= 4 is 17.2 Å². The number of carbonyl (C=O) groups is 1. The molecule has 1 fully saturated rings. The molecule has 3 aromatic rings. The van der Waals surface area contributed by atoms with Crippen molar-refractivity contribution in [3.8, 4) is 17.2 Å². The zero-order valence-electron chi connectivity index (χ0n) is 16.5. The van der Waals surface area contributed by atoms with Crippen molar-refractivity contribution in [2.24, 2.45) is 0 Å².